The molecular formula is C15H17F2N3O3S. The zero-order valence-corrected chi connectivity index (χ0v) is 13.9. The predicted octanol–water partition coefficient (Wildman–Crippen LogP) is 1.77. The van der Waals surface area contributed by atoms with E-state index in [1.54, 1.807) is 0 Å². The van der Waals surface area contributed by atoms with Crippen LogP contribution in [0.2, 0.25) is 0 Å². The molecule has 0 amide bonds. The standard InChI is InChI=1S/C15H17F2N3O3S/c1-11-8-13(23-18-11)10-19-4-6-20(7-5-19)24(21,22)15-9-12(16)2-3-14(15)17/h2-3,8-9H,4-7,10H2,1H3. The van der Waals surface area contributed by atoms with Gasteiger partial charge in [-0.3, -0.25) is 4.90 Å². The Morgan fingerprint density at radius 2 is 1.88 bits per heavy atom. The Hall–Kier alpha value is -1.84. The van der Waals surface area contributed by atoms with E-state index < -0.39 is 26.6 Å². The lowest BCUT2D eigenvalue weighted by Crippen LogP contribution is -2.48. The van der Waals surface area contributed by atoms with E-state index in [0.717, 1.165) is 17.8 Å². The molecule has 24 heavy (non-hydrogen) atoms. The summed E-state index contributed by atoms with van der Waals surface area (Å²) in [6.07, 6.45) is 0. The van der Waals surface area contributed by atoms with Gasteiger partial charge in [-0.05, 0) is 25.1 Å². The molecule has 0 unspecified atom stereocenters. The maximum absolute atomic E-state index is 13.8. The van der Waals surface area contributed by atoms with Crippen LogP contribution in [-0.4, -0.2) is 49.0 Å². The molecule has 6 nitrogen and oxygen atoms in total. The van der Waals surface area contributed by atoms with Crippen molar-refractivity contribution in [3.8, 4) is 0 Å². The van der Waals surface area contributed by atoms with Crippen molar-refractivity contribution in [1.29, 1.82) is 0 Å². The largest absolute Gasteiger partial charge is 0.360 e. The summed E-state index contributed by atoms with van der Waals surface area (Å²) in [6, 6.07) is 4.26. The summed E-state index contributed by atoms with van der Waals surface area (Å²) in [5, 5.41) is 3.81. The van der Waals surface area contributed by atoms with Crippen LogP contribution >= 0.6 is 0 Å². The molecule has 2 aromatic rings. The number of piperazine rings is 1. The molecule has 1 fully saturated rings. The number of rotatable bonds is 4. The molecule has 0 atom stereocenters. The van der Waals surface area contributed by atoms with Gasteiger partial charge < -0.3 is 4.52 Å². The van der Waals surface area contributed by atoms with Crippen LogP contribution in [-0.2, 0) is 16.6 Å². The van der Waals surface area contributed by atoms with Gasteiger partial charge in [0.2, 0.25) is 10.0 Å². The smallest absolute Gasteiger partial charge is 0.246 e. The topological polar surface area (TPSA) is 66.7 Å². The van der Waals surface area contributed by atoms with Crippen LogP contribution < -0.4 is 0 Å². The fourth-order valence-corrected chi connectivity index (χ4v) is 4.15. The zero-order valence-electron chi connectivity index (χ0n) is 13.1. The average molecular weight is 357 g/mol. The lowest BCUT2D eigenvalue weighted by atomic mass is 10.3. The number of nitrogens with zero attached hydrogens (tertiary/aromatic N) is 3. The molecule has 9 heteroatoms. The molecule has 1 aromatic carbocycles. The highest BCUT2D eigenvalue weighted by Crippen LogP contribution is 2.22. The third-order valence-electron chi connectivity index (χ3n) is 3.90. The first-order valence-corrected chi connectivity index (χ1v) is 8.90. The van der Waals surface area contributed by atoms with Crippen molar-refractivity contribution in [3.63, 3.8) is 0 Å². The van der Waals surface area contributed by atoms with Gasteiger partial charge in [0.05, 0.1) is 12.2 Å². The van der Waals surface area contributed by atoms with Crippen LogP contribution in [0.5, 0.6) is 0 Å². The van der Waals surface area contributed by atoms with Crippen molar-refractivity contribution in [2.45, 2.75) is 18.4 Å². The summed E-state index contributed by atoms with van der Waals surface area (Å²) in [6.45, 7) is 3.69. The third-order valence-corrected chi connectivity index (χ3v) is 5.81. The summed E-state index contributed by atoms with van der Waals surface area (Å²) in [5.74, 6) is -1.02. The van der Waals surface area contributed by atoms with Gasteiger partial charge in [-0.2, -0.15) is 4.31 Å². The van der Waals surface area contributed by atoms with Crippen LogP contribution in [0.25, 0.3) is 0 Å². The minimum Gasteiger partial charge on any atom is -0.360 e. The summed E-state index contributed by atoms with van der Waals surface area (Å²) in [4.78, 5) is 1.40. The summed E-state index contributed by atoms with van der Waals surface area (Å²) in [5.41, 5.74) is 0.785. The highest BCUT2D eigenvalue weighted by atomic mass is 32.2. The predicted molar refractivity (Wildman–Crippen MR) is 81.6 cm³/mol. The molecule has 0 saturated carbocycles. The Bertz CT molecular complexity index is 830. The Labute approximate surface area is 138 Å². The Balaban J connectivity index is 1.68. The van der Waals surface area contributed by atoms with Gasteiger partial charge in [0, 0.05) is 32.2 Å². The average Bonchev–Trinajstić information content (AvgIpc) is 2.95. The molecule has 1 saturated heterocycles. The number of halogens is 2. The van der Waals surface area contributed by atoms with E-state index in [9.17, 15) is 17.2 Å². The molecule has 0 radical (unpaired) electrons. The van der Waals surface area contributed by atoms with Gasteiger partial charge in [-0.15, -0.1) is 0 Å². The van der Waals surface area contributed by atoms with Gasteiger partial charge in [0.15, 0.2) is 5.76 Å². The zero-order chi connectivity index (χ0) is 17.3. The number of sulfonamides is 1. The highest BCUT2D eigenvalue weighted by Gasteiger charge is 2.31. The molecule has 1 aliphatic rings. The number of aryl methyl sites for hydroxylation is 1. The molecule has 3 rings (SSSR count). The van der Waals surface area contributed by atoms with Gasteiger partial charge in [-0.25, -0.2) is 17.2 Å². The quantitative estimate of drug-likeness (QED) is 0.834. The van der Waals surface area contributed by atoms with Crippen molar-refractivity contribution in [3.05, 3.63) is 47.4 Å². The van der Waals surface area contributed by atoms with Crippen molar-refractivity contribution in [2.24, 2.45) is 0 Å². The summed E-state index contributed by atoms with van der Waals surface area (Å²) < 4.78 is 58.4. The number of benzene rings is 1. The third kappa shape index (κ3) is 3.47. The van der Waals surface area contributed by atoms with Crippen LogP contribution in [0.1, 0.15) is 11.5 Å². The van der Waals surface area contributed by atoms with E-state index in [-0.39, 0.29) is 13.1 Å². The molecule has 130 valence electrons. The summed E-state index contributed by atoms with van der Waals surface area (Å²) in [7, 11) is -4.05. The first kappa shape index (κ1) is 17.0. The highest BCUT2D eigenvalue weighted by molar-refractivity contribution is 7.89. The van der Waals surface area contributed by atoms with Crippen molar-refractivity contribution in [1.82, 2.24) is 14.4 Å². The van der Waals surface area contributed by atoms with E-state index >= 15 is 0 Å². The number of hydrogen-bond acceptors (Lipinski definition) is 5. The SMILES string of the molecule is Cc1cc(CN2CCN(S(=O)(=O)c3cc(F)ccc3F)CC2)on1. The molecule has 2 heterocycles. The summed E-state index contributed by atoms with van der Waals surface area (Å²) >= 11 is 0. The first-order chi connectivity index (χ1) is 11.4. The van der Waals surface area contributed by atoms with Crippen molar-refractivity contribution in [2.75, 3.05) is 26.2 Å². The number of hydrogen-bond donors (Lipinski definition) is 0. The van der Waals surface area contributed by atoms with Crippen LogP contribution in [0.4, 0.5) is 8.78 Å². The molecule has 0 N–H and O–H groups in total. The minimum atomic E-state index is -4.05. The van der Waals surface area contributed by atoms with Gasteiger partial charge in [-0.1, -0.05) is 5.16 Å². The van der Waals surface area contributed by atoms with Gasteiger partial charge >= 0.3 is 0 Å². The Morgan fingerprint density at radius 1 is 1.17 bits per heavy atom. The van der Waals surface area contributed by atoms with E-state index in [1.807, 2.05) is 17.9 Å². The molecular weight excluding hydrogens is 340 g/mol. The maximum Gasteiger partial charge on any atom is 0.246 e. The second-order valence-electron chi connectivity index (χ2n) is 5.69. The maximum atomic E-state index is 13.8. The monoisotopic (exact) mass is 357 g/mol. The molecule has 0 aliphatic carbocycles. The van der Waals surface area contributed by atoms with Gasteiger partial charge in [0.1, 0.15) is 16.5 Å². The Morgan fingerprint density at radius 3 is 2.50 bits per heavy atom. The normalized spacial score (nSPS) is 17.3. The molecule has 1 aromatic heterocycles. The first-order valence-electron chi connectivity index (χ1n) is 7.46. The van der Waals surface area contributed by atoms with Crippen LogP contribution in [0, 0.1) is 18.6 Å². The second kappa shape index (κ2) is 6.58. The van der Waals surface area contributed by atoms with Crippen LogP contribution in [0.3, 0.4) is 0 Å². The fourth-order valence-electron chi connectivity index (χ4n) is 2.65. The lowest BCUT2D eigenvalue weighted by Gasteiger charge is -2.33. The second-order valence-corrected chi connectivity index (χ2v) is 7.60. The Kier molecular flexibility index (Phi) is 4.66. The van der Waals surface area contributed by atoms with E-state index in [2.05, 4.69) is 5.16 Å². The van der Waals surface area contributed by atoms with E-state index in [0.29, 0.717) is 31.5 Å². The molecule has 0 spiro atoms. The van der Waals surface area contributed by atoms with Crippen molar-refractivity contribution >= 4 is 10.0 Å². The lowest BCUT2D eigenvalue weighted by molar-refractivity contribution is 0.165. The van der Waals surface area contributed by atoms with E-state index in [1.165, 1.54) is 4.31 Å². The molecule has 0 bridgehead atoms. The van der Waals surface area contributed by atoms with Crippen molar-refractivity contribution < 1.29 is 21.7 Å². The fraction of sp³-hybridized carbons (Fsp3) is 0.400. The number of aromatic nitrogens is 1. The minimum absolute atomic E-state index is 0.200. The van der Waals surface area contributed by atoms with Crippen LogP contribution in [0.15, 0.2) is 33.7 Å². The van der Waals surface area contributed by atoms with Gasteiger partial charge in [0.25, 0.3) is 0 Å². The molecule has 1 aliphatic heterocycles. The van der Waals surface area contributed by atoms with E-state index in [4.69, 9.17) is 4.52 Å².